The Kier molecular flexibility index (Phi) is 3.96. The SMILES string of the molecule is O=C(c1nc2ccccc2o1)C(CC(F)F)c1ccccc1. The molecule has 0 amide bonds. The summed E-state index contributed by atoms with van der Waals surface area (Å²) in [6.07, 6.45) is -3.14. The van der Waals surface area contributed by atoms with E-state index in [1.165, 1.54) is 0 Å². The summed E-state index contributed by atoms with van der Waals surface area (Å²) in [5, 5.41) is 0. The first kappa shape index (κ1) is 14.4. The number of carbonyl (C=O) groups excluding carboxylic acids is 1. The second-order valence-electron chi connectivity index (χ2n) is 4.94. The molecule has 3 aromatic rings. The molecule has 1 atom stereocenters. The summed E-state index contributed by atoms with van der Waals surface area (Å²) in [4.78, 5) is 16.7. The second-order valence-corrected chi connectivity index (χ2v) is 4.94. The van der Waals surface area contributed by atoms with Gasteiger partial charge in [-0.2, -0.15) is 0 Å². The molecule has 0 N–H and O–H groups in total. The summed E-state index contributed by atoms with van der Waals surface area (Å²) in [5.41, 5.74) is 1.54. The molecule has 1 unspecified atom stereocenters. The van der Waals surface area contributed by atoms with Gasteiger partial charge in [0.1, 0.15) is 5.52 Å². The number of aromatic nitrogens is 1. The predicted octanol–water partition coefficient (Wildman–Crippen LogP) is 4.45. The molecule has 0 bridgehead atoms. The fraction of sp³-hybridized carbons (Fsp3) is 0.176. The largest absolute Gasteiger partial charge is 0.434 e. The van der Waals surface area contributed by atoms with Crippen LogP contribution < -0.4 is 0 Å². The fourth-order valence-electron chi connectivity index (χ4n) is 2.38. The van der Waals surface area contributed by atoms with Crippen molar-refractivity contribution < 1.29 is 18.0 Å². The molecular weight excluding hydrogens is 288 g/mol. The summed E-state index contributed by atoms with van der Waals surface area (Å²) in [7, 11) is 0. The highest BCUT2D eigenvalue weighted by Gasteiger charge is 2.29. The number of oxazole rings is 1. The van der Waals surface area contributed by atoms with E-state index in [9.17, 15) is 13.6 Å². The van der Waals surface area contributed by atoms with E-state index in [4.69, 9.17) is 4.42 Å². The van der Waals surface area contributed by atoms with Crippen molar-refractivity contribution >= 4 is 16.9 Å². The predicted molar refractivity (Wildman–Crippen MR) is 78.1 cm³/mol. The van der Waals surface area contributed by atoms with Crippen LogP contribution in [-0.2, 0) is 0 Å². The van der Waals surface area contributed by atoms with Gasteiger partial charge in [-0.05, 0) is 17.7 Å². The highest BCUT2D eigenvalue weighted by molar-refractivity contribution is 5.98. The van der Waals surface area contributed by atoms with Gasteiger partial charge in [0.2, 0.25) is 12.2 Å². The summed E-state index contributed by atoms with van der Waals surface area (Å²) in [5.74, 6) is -1.62. The van der Waals surface area contributed by atoms with Gasteiger partial charge in [-0.15, -0.1) is 0 Å². The number of Topliss-reactive ketones (excluding diaryl/α,β-unsaturated/α-hetero) is 1. The average molecular weight is 301 g/mol. The molecule has 1 aromatic heterocycles. The molecule has 22 heavy (non-hydrogen) atoms. The number of halogens is 2. The van der Waals surface area contributed by atoms with Crippen LogP contribution in [0.3, 0.4) is 0 Å². The van der Waals surface area contributed by atoms with Crippen LogP contribution in [0.2, 0.25) is 0 Å². The molecule has 5 heteroatoms. The maximum Gasteiger partial charge on any atom is 0.264 e. The first-order valence-electron chi connectivity index (χ1n) is 6.88. The van der Waals surface area contributed by atoms with Crippen LogP contribution in [0.25, 0.3) is 11.1 Å². The minimum atomic E-state index is -2.58. The maximum absolute atomic E-state index is 12.8. The molecule has 0 fully saturated rings. The Morgan fingerprint density at radius 2 is 1.73 bits per heavy atom. The maximum atomic E-state index is 12.8. The van der Waals surface area contributed by atoms with E-state index < -0.39 is 24.5 Å². The minimum absolute atomic E-state index is 0.129. The molecule has 0 radical (unpaired) electrons. The van der Waals surface area contributed by atoms with E-state index in [1.54, 1.807) is 54.6 Å². The van der Waals surface area contributed by atoms with E-state index in [-0.39, 0.29) is 5.89 Å². The quantitative estimate of drug-likeness (QED) is 0.654. The Bertz CT molecular complexity index is 750. The molecular formula is C17H13F2NO2. The Morgan fingerprint density at radius 1 is 1.05 bits per heavy atom. The van der Waals surface area contributed by atoms with Crippen LogP contribution in [0.5, 0.6) is 0 Å². The van der Waals surface area contributed by atoms with Gasteiger partial charge in [0.05, 0.1) is 5.92 Å². The zero-order valence-electron chi connectivity index (χ0n) is 11.6. The Balaban J connectivity index is 1.98. The van der Waals surface area contributed by atoms with Crippen LogP contribution in [0, 0.1) is 0 Å². The normalized spacial score (nSPS) is 12.7. The summed E-state index contributed by atoms with van der Waals surface area (Å²) in [6.45, 7) is 0. The number of hydrogen-bond donors (Lipinski definition) is 0. The van der Waals surface area contributed by atoms with Crippen LogP contribution >= 0.6 is 0 Å². The van der Waals surface area contributed by atoms with Crippen molar-refractivity contribution in [3.05, 3.63) is 66.1 Å². The van der Waals surface area contributed by atoms with Crippen molar-refractivity contribution in [3.63, 3.8) is 0 Å². The molecule has 3 rings (SSSR count). The van der Waals surface area contributed by atoms with Gasteiger partial charge in [0.15, 0.2) is 5.58 Å². The molecule has 0 aliphatic heterocycles. The molecule has 0 saturated carbocycles. The van der Waals surface area contributed by atoms with Gasteiger partial charge in [0, 0.05) is 6.42 Å². The lowest BCUT2D eigenvalue weighted by Crippen LogP contribution is -2.16. The second kappa shape index (κ2) is 6.05. The molecule has 0 aliphatic rings. The summed E-state index contributed by atoms with van der Waals surface area (Å²) in [6, 6.07) is 15.4. The van der Waals surface area contributed by atoms with Crippen LogP contribution in [-0.4, -0.2) is 17.2 Å². The first-order chi connectivity index (χ1) is 10.6. The molecule has 1 heterocycles. The van der Waals surface area contributed by atoms with E-state index in [0.717, 1.165) is 0 Å². The van der Waals surface area contributed by atoms with Gasteiger partial charge in [-0.1, -0.05) is 42.5 Å². The third-order valence-corrected chi connectivity index (χ3v) is 3.44. The van der Waals surface area contributed by atoms with Crippen molar-refractivity contribution in [3.8, 4) is 0 Å². The summed E-state index contributed by atoms with van der Waals surface area (Å²) >= 11 is 0. The molecule has 0 aliphatic carbocycles. The zero-order valence-corrected chi connectivity index (χ0v) is 11.6. The molecule has 0 spiro atoms. The number of rotatable bonds is 5. The number of nitrogens with zero attached hydrogens (tertiary/aromatic N) is 1. The van der Waals surface area contributed by atoms with E-state index in [1.807, 2.05) is 0 Å². The number of fused-ring (bicyclic) bond motifs is 1. The number of ketones is 1. The topological polar surface area (TPSA) is 43.1 Å². The van der Waals surface area contributed by atoms with Crippen LogP contribution in [0.15, 0.2) is 59.0 Å². The zero-order chi connectivity index (χ0) is 15.5. The first-order valence-corrected chi connectivity index (χ1v) is 6.88. The average Bonchev–Trinajstić information content (AvgIpc) is 2.96. The van der Waals surface area contributed by atoms with Gasteiger partial charge in [-0.3, -0.25) is 4.79 Å². The van der Waals surface area contributed by atoms with Gasteiger partial charge in [0.25, 0.3) is 5.89 Å². The third-order valence-electron chi connectivity index (χ3n) is 3.44. The fourth-order valence-corrected chi connectivity index (χ4v) is 2.38. The Hall–Kier alpha value is -2.56. The Labute approximate surface area is 125 Å². The summed E-state index contributed by atoms with van der Waals surface area (Å²) < 4.78 is 31.1. The standard InChI is InChI=1S/C17H13F2NO2/c18-15(19)10-12(11-6-2-1-3-7-11)16(21)17-20-13-8-4-5-9-14(13)22-17/h1-9,12,15H,10H2. The molecule has 0 saturated heterocycles. The number of carbonyl (C=O) groups is 1. The van der Waals surface area contributed by atoms with Gasteiger partial charge >= 0.3 is 0 Å². The highest BCUT2D eigenvalue weighted by atomic mass is 19.3. The van der Waals surface area contributed by atoms with Crippen LogP contribution in [0.1, 0.15) is 28.6 Å². The van der Waals surface area contributed by atoms with Crippen molar-refractivity contribution in [1.82, 2.24) is 4.98 Å². The third kappa shape index (κ3) is 2.88. The lowest BCUT2D eigenvalue weighted by atomic mass is 9.91. The highest BCUT2D eigenvalue weighted by Crippen LogP contribution is 2.28. The van der Waals surface area contributed by atoms with Crippen molar-refractivity contribution in [2.24, 2.45) is 0 Å². The minimum Gasteiger partial charge on any atom is -0.434 e. The molecule has 3 nitrogen and oxygen atoms in total. The lowest BCUT2D eigenvalue weighted by molar-refractivity contribution is 0.0832. The monoisotopic (exact) mass is 301 g/mol. The van der Waals surface area contributed by atoms with E-state index in [0.29, 0.717) is 16.7 Å². The van der Waals surface area contributed by atoms with Gasteiger partial charge < -0.3 is 4.42 Å². The van der Waals surface area contributed by atoms with Crippen LogP contribution in [0.4, 0.5) is 8.78 Å². The number of para-hydroxylation sites is 2. The smallest absolute Gasteiger partial charge is 0.264 e. The molecule has 2 aromatic carbocycles. The van der Waals surface area contributed by atoms with Crippen molar-refractivity contribution in [1.29, 1.82) is 0 Å². The number of alkyl halides is 2. The molecule has 112 valence electrons. The Morgan fingerprint density at radius 3 is 2.41 bits per heavy atom. The number of benzene rings is 2. The number of hydrogen-bond acceptors (Lipinski definition) is 3. The lowest BCUT2D eigenvalue weighted by Gasteiger charge is -2.13. The van der Waals surface area contributed by atoms with Crippen molar-refractivity contribution in [2.45, 2.75) is 18.8 Å². The van der Waals surface area contributed by atoms with Gasteiger partial charge in [-0.25, -0.2) is 13.8 Å². The van der Waals surface area contributed by atoms with E-state index in [2.05, 4.69) is 4.98 Å². The van der Waals surface area contributed by atoms with E-state index >= 15 is 0 Å². The van der Waals surface area contributed by atoms with Crippen molar-refractivity contribution in [2.75, 3.05) is 0 Å².